The molecule has 1 heterocycles. The average molecular weight is 283 g/mol. The number of amides is 2. The number of aromatic amines is 1. The van der Waals surface area contributed by atoms with E-state index >= 15 is 0 Å². The van der Waals surface area contributed by atoms with Gasteiger partial charge in [0.1, 0.15) is 0 Å². The molecule has 21 heavy (non-hydrogen) atoms. The van der Waals surface area contributed by atoms with Crippen molar-refractivity contribution in [2.45, 2.75) is 13.3 Å². The van der Waals surface area contributed by atoms with Gasteiger partial charge in [0.2, 0.25) is 0 Å². The molecule has 1 aromatic heterocycles. The average Bonchev–Trinajstić information content (AvgIpc) is 3.02. The van der Waals surface area contributed by atoms with E-state index in [4.69, 9.17) is 5.48 Å². The van der Waals surface area contributed by atoms with Crippen LogP contribution in [0, 0.1) is 0 Å². The van der Waals surface area contributed by atoms with Gasteiger partial charge in [-0.25, -0.2) is 4.79 Å². The van der Waals surface area contributed by atoms with Gasteiger partial charge in [0, 0.05) is 22.8 Å². The molecule has 106 valence electrons. The maximum atomic E-state index is 12.2. The minimum Gasteiger partial charge on any atom is -0.359 e. The van der Waals surface area contributed by atoms with Crippen LogP contribution in [0.5, 0.6) is 0 Å². The lowest BCUT2D eigenvalue weighted by atomic mass is 10.1. The predicted octanol–water partition coefficient (Wildman–Crippen LogP) is 4.37. The summed E-state index contributed by atoms with van der Waals surface area (Å²) in [4.78, 5) is 15.0. The summed E-state index contributed by atoms with van der Waals surface area (Å²) in [5.74, 6) is 0. The van der Waals surface area contributed by atoms with Crippen LogP contribution in [-0.4, -0.2) is 11.0 Å². The van der Waals surface area contributed by atoms with Crippen molar-refractivity contribution in [2.24, 2.45) is 0 Å². The largest absolute Gasteiger partial charge is 0.359 e. The first-order chi connectivity index (χ1) is 11.9. The zero-order chi connectivity index (χ0) is 18.1. The number of carbonyl (C=O) groups excluding carboxylic acids is 1. The SMILES string of the molecule is [2H]c1c([2H])c([2H])c2c(NC(=O)Nc3ccc(CC)cc3)c[nH]c2c1[2H]. The molecule has 0 aliphatic heterocycles. The first-order valence-corrected chi connectivity index (χ1v) is 6.66. The van der Waals surface area contributed by atoms with E-state index in [-0.39, 0.29) is 35.1 Å². The molecule has 0 spiro atoms. The van der Waals surface area contributed by atoms with Crippen LogP contribution in [0.3, 0.4) is 0 Å². The van der Waals surface area contributed by atoms with Crippen LogP contribution in [0.4, 0.5) is 16.2 Å². The molecule has 4 nitrogen and oxygen atoms in total. The minimum absolute atomic E-state index is 0.167. The van der Waals surface area contributed by atoms with Crippen LogP contribution < -0.4 is 10.6 Å². The van der Waals surface area contributed by atoms with Gasteiger partial charge >= 0.3 is 6.03 Å². The van der Waals surface area contributed by atoms with Gasteiger partial charge < -0.3 is 15.6 Å². The standard InChI is InChI=1S/C17H17N3O/c1-2-12-7-9-13(10-8-12)19-17(21)20-16-11-18-15-6-4-3-5-14(15)16/h3-11,18H,2H2,1H3,(H2,19,20,21)/i3D,4D,5D,6D. The fraction of sp³-hybridized carbons (Fsp3) is 0.118. The number of para-hydroxylation sites is 1. The van der Waals surface area contributed by atoms with E-state index in [1.165, 1.54) is 11.8 Å². The summed E-state index contributed by atoms with van der Waals surface area (Å²) >= 11 is 0. The maximum absolute atomic E-state index is 12.2. The minimum atomic E-state index is -0.488. The van der Waals surface area contributed by atoms with Crippen LogP contribution in [0.1, 0.15) is 18.0 Å². The van der Waals surface area contributed by atoms with Crippen molar-refractivity contribution < 1.29 is 10.3 Å². The topological polar surface area (TPSA) is 56.9 Å². The van der Waals surface area contributed by atoms with Gasteiger partial charge in [0.05, 0.1) is 11.2 Å². The number of rotatable bonds is 3. The quantitative estimate of drug-likeness (QED) is 0.656. The number of urea groups is 1. The van der Waals surface area contributed by atoms with E-state index in [1.54, 1.807) is 12.1 Å². The Morgan fingerprint density at radius 3 is 2.71 bits per heavy atom. The molecule has 2 aromatic carbocycles. The molecule has 2 amide bonds. The highest BCUT2D eigenvalue weighted by atomic mass is 16.2. The predicted molar refractivity (Wildman–Crippen MR) is 86.8 cm³/mol. The third-order valence-electron chi connectivity index (χ3n) is 3.19. The zero-order valence-corrected chi connectivity index (χ0v) is 11.5. The van der Waals surface area contributed by atoms with Crippen molar-refractivity contribution in [3.8, 4) is 0 Å². The fourth-order valence-electron chi connectivity index (χ4n) is 2.05. The molecule has 0 aliphatic rings. The Hall–Kier alpha value is -2.75. The molecular formula is C17H17N3O. The molecule has 0 saturated carbocycles. The molecule has 3 N–H and O–H groups in total. The number of anilines is 2. The lowest BCUT2D eigenvalue weighted by Crippen LogP contribution is -2.19. The number of nitrogens with one attached hydrogen (secondary N) is 3. The van der Waals surface area contributed by atoms with Crippen molar-refractivity contribution in [1.82, 2.24) is 4.98 Å². The molecule has 0 radical (unpaired) electrons. The van der Waals surface area contributed by atoms with Crippen LogP contribution >= 0.6 is 0 Å². The number of hydrogen-bond acceptors (Lipinski definition) is 1. The Morgan fingerprint density at radius 2 is 1.95 bits per heavy atom. The second kappa shape index (κ2) is 5.71. The lowest BCUT2D eigenvalue weighted by Gasteiger charge is -2.07. The molecule has 4 heteroatoms. The second-order valence-electron chi connectivity index (χ2n) is 4.58. The Kier molecular flexibility index (Phi) is 2.51. The van der Waals surface area contributed by atoms with Crippen LogP contribution in [0.25, 0.3) is 10.9 Å². The molecule has 3 rings (SSSR count). The maximum Gasteiger partial charge on any atom is 0.323 e. The summed E-state index contributed by atoms with van der Waals surface area (Å²) in [5.41, 5.74) is 2.35. The summed E-state index contributed by atoms with van der Waals surface area (Å²) in [7, 11) is 0. The molecule has 0 saturated heterocycles. The first-order valence-electron chi connectivity index (χ1n) is 8.66. The van der Waals surface area contributed by atoms with Crippen molar-refractivity contribution in [2.75, 3.05) is 10.6 Å². The molecule has 0 atom stereocenters. The van der Waals surface area contributed by atoms with E-state index < -0.39 is 6.03 Å². The molecule has 0 bridgehead atoms. The second-order valence-corrected chi connectivity index (χ2v) is 4.58. The Labute approximate surface area is 128 Å². The Balaban J connectivity index is 1.86. The van der Waals surface area contributed by atoms with Crippen LogP contribution in [0.15, 0.2) is 54.6 Å². The van der Waals surface area contributed by atoms with E-state index in [2.05, 4.69) is 15.6 Å². The highest BCUT2D eigenvalue weighted by Gasteiger charge is 2.07. The van der Waals surface area contributed by atoms with Gasteiger partial charge in [-0.05, 0) is 30.2 Å². The smallest absolute Gasteiger partial charge is 0.323 e. The molecule has 0 fully saturated rings. The van der Waals surface area contributed by atoms with Crippen molar-refractivity contribution in [3.05, 3.63) is 60.2 Å². The molecule has 0 aliphatic carbocycles. The highest BCUT2D eigenvalue weighted by Crippen LogP contribution is 2.22. The van der Waals surface area contributed by atoms with Crippen molar-refractivity contribution in [3.63, 3.8) is 0 Å². The summed E-state index contributed by atoms with van der Waals surface area (Å²) in [6, 6.07) is 5.97. The molecular weight excluding hydrogens is 262 g/mol. The van der Waals surface area contributed by atoms with Gasteiger partial charge in [-0.3, -0.25) is 0 Å². The van der Waals surface area contributed by atoms with Gasteiger partial charge in [-0.2, -0.15) is 0 Å². The summed E-state index contributed by atoms with van der Waals surface area (Å²) in [6.45, 7) is 2.05. The first kappa shape index (κ1) is 9.23. The number of fused-ring (bicyclic) bond motifs is 1. The number of aryl methyl sites for hydroxylation is 1. The van der Waals surface area contributed by atoms with Crippen molar-refractivity contribution in [1.29, 1.82) is 0 Å². The van der Waals surface area contributed by atoms with Gasteiger partial charge in [0.25, 0.3) is 0 Å². The number of carbonyl (C=O) groups is 1. The summed E-state index contributed by atoms with van der Waals surface area (Å²) in [6.07, 6.45) is 2.37. The third-order valence-corrected chi connectivity index (χ3v) is 3.19. The van der Waals surface area contributed by atoms with E-state index in [1.807, 2.05) is 19.1 Å². The fourth-order valence-corrected chi connectivity index (χ4v) is 2.05. The molecule has 0 unspecified atom stereocenters. The zero-order valence-electron chi connectivity index (χ0n) is 15.5. The third kappa shape index (κ3) is 2.89. The van der Waals surface area contributed by atoms with Gasteiger partial charge in [-0.1, -0.05) is 37.2 Å². The van der Waals surface area contributed by atoms with Crippen molar-refractivity contribution >= 4 is 28.3 Å². The Morgan fingerprint density at radius 1 is 1.19 bits per heavy atom. The van der Waals surface area contributed by atoms with Crippen LogP contribution in [-0.2, 0) is 6.42 Å². The normalized spacial score (nSPS) is 13.2. The monoisotopic (exact) mass is 283 g/mol. The van der Waals surface area contributed by atoms with E-state index in [0.717, 1.165) is 6.42 Å². The summed E-state index contributed by atoms with van der Waals surface area (Å²) < 4.78 is 31.3. The number of benzene rings is 2. The van der Waals surface area contributed by atoms with E-state index in [0.29, 0.717) is 11.4 Å². The summed E-state index contributed by atoms with van der Waals surface area (Å²) in [5, 5.41) is 5.58. The van der Waals surface area contributed by atoms with Gasteiger partial charge in [0.15, 0.2) is 0 Å². The highest BCUT2D eigenvalue weighted by molar-refractivity contribution is 6.05. The van der Waals surface area contributed by atoms with Crippen LogP contribution in [0.2, 0.25) is 0 Å². The molecule has 3 aromatic rings. The lowest BCUT2D eigenvalue weighted by molar-refractivity contribution is 0.262. The van der Waals surface area contributed by atoms with E-state index in [9.17, 15) is 4.79 Å². The number of aromatic nitrogens is 1. The Bertz CT molecular complexity index is 951. The number of H-pyrrole nitrogens is 1. The van der Waals surface area contributed by atoms with Gasteiger partial charge in [-0.15, -0.1) is 0 Å². The number of hydrogen-bond donors (Lipinski definition) is 3.